The maximum Gasteiger partial charge on any atom is 0.234 e. The zero-order valence-electron chi connectivity index (χ0n) is 14.6. The molecular weight excluding hydrogens is 319 g/mol. The molecule has 1 saturated heterocycles. The number of nitrogens with zero attached hydrogens (tertiary/aromatic N) is 3. The van der Waals surface area contributed by atoms with E-state index < -0.39 is 0 Å². The predicted molar refractivity (Wildman–Crippen MR) is 94.4 cm³/mol. The Balaban J connectivity index is 1.51. The summed E-state index contributed by atoms with van der Waals surface area (Å²) in [6.07, 6.45) is 7.31. The fourth-order valence-corrected chi connectivity index (χ4v) is 3.30. The Morgan fingerprint density at radius 3 is 2.84 bits per heavy atom. The van der Waals surface area contributed by atoms with Gasteiger partial charge in [-0.15, -0.1) is 0 Å². The standard InChI is InChI=1S/C19H25FN4O/c1-15-10-22-24(12-15)13-18-4-2-3-9-23(18)14-19(25)21-11-16-5-7-17(20)8-6-16/h5-8,10,12,18H,2-4,9,11,13-14H2,1H3,(H,21,25)/t18-/m1/s1. The number of benzene rings is 1. The lowest BCUT2D eigenvalue weighted by Gasteiger charge is -2.35. The molecule has 134 valence electrons. The first-order chi connectivity index (χ1) is 12.1. The van der Waals surface area contributed by atoms with Crippen molar-refractivity contribution in [2.45, 2.75) is 45.3 Å². The van der Waals surface area contributed by atoms with Gasteiger partial charge in [-0.05, 0) is 49.6 Å². The van der Waals surface area contributed by atoms with Crippen molar-refractivity contribution in [2.24, 2.45) is 0 Å². The third kappa shape index (κ3) is 5.13. The van der Waals surface area contributed by atoms with E-state index in [1.807, 2.05) is 24.0 Å². The second kappa shape index (κ2) is 8.25. The molecule has 0 bridgehead atoms. The molecule has 0 unspecified atom stereocenters. The van der Waals surface area contributed by atoms with Crippen LogP contribution in [0.1, 0.15) is 30.4 Å². The van der Waals surface area contributed by atoms with E-state index in [0.717, 1.165) is 37.1 Å². The predicted octanol–water partition coefficient (Wildman–Crippen LogP) is 2.50. The van der Waals surface area contributed by atoms with Crippen molar-refractivity contribution < 1.29 is 9.18 Å². The van der Waals surface area contributed by atoms with Gasteiger partial charge in [0.05, 0.1) is 19.3 Å². The SMILES string of the molecule is Cc1cnn(C[C@H]2CCCCN2CC(=O)NCc2ccc(F)cc2)c1. The zero-order valence-corrected chi connectivity index (χ0v) is 14.6. The summed E-state index contributed by atoms with van der Waals surface area (Å²) < 4.78 is 14.9. The molecule has 2 heterocycles. The van der Waals surface area contributed by atoms with Crippen molar-refractivity contribution in [1.82, 2.24) is 20.0 Å². The molecule has 1 aromatic carbocycles. The van der Waals surface area contributed by atoms with Crippen molar-refractivity contribution >= 4 is 5.91 Å². The molecule has 1 N–H and O–H groups in total. The van der Waals surface area contributed by atoms with Gasteiger partial charge in [0.25, 0.3) is 0 Å². The van der Waals surface area contributed by atoms with Crippen molar-refractivity contribution in [3.8, 4) is 0 Å². The fraction of sp³-hybridized carbons (Fsp3) is 0.474. The van der Waals surface area contributed by atoms with Gasteiger partial charge in [0.15, 0.2) is 0 Å². The van der Waals surface area contributed by atoms with Crippen LogP contribution in [0.25, 0.3) is 0 Å². The number of hydrogen-bond donors (Lipinski definition) is 1. The Kier molecular flexibility index (Phi) is 5.81. The van der Waals surface area contributed by atoms with Crippen LogP contribution in [-0.2, 0) is 17.9 Å². The molecule has 0 radical (unpaired) electrons. The number of amides is 1. The summed E-state index contributed by atoms with van der Waals surface area (Å²) in [5, 5.41) is 7.29. The highest BCUT2D eigenvalue weighted by Crippen LogP contribution is 2.18. The second-order valence-corrected chi connectivity index (χ2v) is 6.76. The van der Waals surface area contributed by atoms with Gasteiger partial charge in [0, 0.05) is 18.8 Å². The highest BCUT2D eigenvalue weighted by molar-refractivity contribution is 5.78. The summed E-state index contributed by atoms with van der Waals surface area (Å²) in [5.41, 5.74) is 2.05. The highest BCUT2D eigenvalue weighted by atomic mass is 19.1. The Hall–Kier alpha value is -2.21. The van der Waals surface area contributed by atoms with Gasteiger partial charge in [-0.2, -0.15) is 5.10 Å². The van der Waals surface area contributed by atoms with Gasteiger partial charge < -0.3 is 5.32 Å². The van der Waals surface area contributed by atoms with Crippen molar-refractivity contribution in [3.05, 3.63) is 53.6 Å². The van der Waals surface area contributed by atoms with Crippen LogP contribution in [0.5, 0.6) is 0 Å². The van der Waals surface area contributed by atoms with Gasteiger partial charge in [0.2, 0.25) is 5.91 Å². The van der Waals surface area contributed by atoms with Crippen molar-refractivity contribution in [2.75, 3.05) is 13.1 Å². The average molecular weight is 344 g/mol. The van der Waals surface area contributed by atoms with Crippen LogP contribution in [0.15, 0.2) is 36.7 Å². The van der Waals surface area contributed by atoms with E-state index in [0.29, 0.717) is 19.1 Å². The number of carbonyl (C=O) groups excluding carboxylic acids is 1. The van der Waals surface area contributed by atoms with Crippen LogP contribution in [-0.4, -0.2) is 39.7 Å². The molecule has 5 nitrogen and oxygen atoms in total. The molecule has 1 aliphatic heterocycles. The number of piperidine rings is 1. The largest absolute Gasteiger partial charge is 0.351 e. The summed E-state index contributed by atoms with van der Waals surface area (Å²) in [6.45, 7) is 4.61. The minimum atomic E-state index is -0.264. The molecule has 1 aliphatic rings. The first kappa shape index (κ1) is 17.6. The van der Waals surface area contributed by atoms with Crippen LogP contribution in [0.4, 0.5) is 4.39 Å². The summed E-state index contributed by atoms with van der Waals surface area (Å²) in [7, 11) is 0. The molecule has 0 aliphatic carbocycles. The van der Waals surface area contributed by atoms with E-state index in [1.54, 1.807) is 12.1 Å². The first-order valence-electron chi connectivity index (χ1n) is 8.84. The number of likely N-dealkylation sites (tertiary alicyclic amines) is 1. The van der Waals surface area contributed by atoms with Gasteiger partial charge >= 0.3 is 0 Å². The van der Waals surface area contributed by atoms with Gasteiger partial charge in [0.1, 0.15) is 5.82 Å². The van der Waals surface area contributed by atoms with Crippen LogP contribution < -0.4 is 5.32 Å². The third-order valence-electron chi connectivity index (χ3n) is 4.66. The van der Waals surface area contributed by atoms with Crippen molar-refractivity contribution in [3.63, 3.8) is 0 Å². The molecule has 3 rings (SSSR count). The Morgan fingerprint density at radius 2 is 2.12 bits per heavy atom. The molecule has 0 spiro atoms. The Morgan fingerprint density at radius 1 is 1.32 bits per heavy atom. The van der Waals surface area contributed by atoms with Crippen molar-refractivity contribution in [1.29, 1.82) is 0 Å². The minimum Gasteiger partial charge on any atom is -0.351 e. The van der Waals surface area contributed by atoms with E-state index in [-0.39, 0.29) is 11.7 Å². The molecule has 25 heavy (non-hydrogen) atoms. The number of hydrogen-bond acceptors (Lipinski definition) is 3. The summed E-state index contributed by atoms with van der Waals surface area (Å²) >= 11 is 0. The van der Waals surface area contributed by atoms with Crippen LogP contribution >= 0.6 is 0 Å². The average Bonchev–Trinajstić information content (AvgIpc) is 3.01. The van der Waals surface area contributed by atoms with E-state index in [4.69, 9.17) is 0 Å². The first-order valence-corrected chi connectivity index (χ1v) is 8.84. The topological polar surface area (TPSA) is 50.2 Å². The lowest BCUT2D eigenvalue weighted by atomic mass is 10.0. The molecule has 0 saturated carbocycles. The Labute approximate surface area is 147 Å². The number of aryl methyl sites for hydroxylation is 1. The normalized spacial score (nSPS) is 18.2. The number of aromatic nitrogens is 2. The molecular formula is C19H25FN4O. The maximum atomic E-state index is 12.9. The van der Waals surface area contributed by atoms with Crippen LogP contribution in [0, 0.1) is 12.7 Å². The molecule has 2 aromatic rings. The third-order valence-corrected chi connectivity index (χ3v) is 4.66. The fourth-order valence-electron chi connectivity index (χ4n) is 3.30. The summed E-state index contributed by atoms with van der Waals surface area (Å²) in [6, 6.07) is 6.55. The quantitative estimate of drug-likeness (QED) is 0.876. The summed E-state index contributed by atoms with van der Waals surface area (Å²) in [5.74, 6) is -0.257. The number of rotatable bonds is 6. The van der Waals surface area contributed by atoms with Gasteiger partial charge in [-0.3, -0.25) is 14.4 Å². The highest BCUT2D eigenvalue weighted by Gasteiger charge is 2.24. The molecule has 1 aromatic heterocycles. The molecule has 1 amide bonds. The maximum absolute atomic E-state index is 12.9. The van der Waals surface area contributed by atoms with Gasteiger partial charge in [-0.1, -0.05) is 18.6 Å². The minimum absolute atomic E-state index is 0.00729. The zero-order chi connectivity index (χ0) is 17.6. The number of halogens is 1. The smallest absolute Gasteiger partial charge is 0.234 e. The Bertz CT molecular complexity index is 698. The monoisotopic (exact) mass is 344 g/mol. The number of nitrogens with one attached hydrogen (secondary N) is 1. The number of carbonyl (C=O) groups is 1. The van der Waals surface area contributed by atoms with Gasteiger partial charge in [-0.25, -0.2) is 4.39 Å². The second-order valence-electron chi connectivity index (χ2n) is 6.76. The van der Waals surface area contributed by atoms with E-state index >= 15 is 0 Å². The summed E-state index contributed by atoms with van der Waals surface area (Å²) in [4.78, 5) is 14.6. The lowest BCUT2D eigenvalue weighted by molar-refractivity contribution is -0.123. The van der Waals surface area contributed by atoms with Crippen LogP contribution in [0.2, 0.25) is 0 Å². The van der Waals surface area contributed by atoms with Crippen LogP contribution in [0.3, 0.4) is 0 Å². The van der Waals surface area contributed by atoms with E-state index in [2.05, 4.69) is 15.3 Å². The lowest BCUT2D eigenvalue weighted by Crippen LogP contribution is -2.47. The van der Waals surface area contributed by atoms with E-state index in [9.17, 15) is 9.18 Å². The van der Waals surface area contributed by atoms with E-state index in [1.165, 1.54) is 18.6 Å². The molecule has 1 atom stereocenters. The molecule has 6 heteroatoms. The molecule has 1 fully saturated rings.